The van der Waals surface area contributed by atoms with Gasteiger partial charge in [0.1, 0.15) is 0 Å². The Labute approximate surface area is 95.0 Å². The van der Waals surface area contributed by atoms with Crippen molar-refractivity contribution in [3.05, 3.63) is 0 Å². The van der Waals surface area contributed by atoms with Crippen LogP contribution < -0.4 is 0 Å². The van der Waals surface area contributed by atoms with Crippen LogP contribution in [0.4, 0.5) is 4.79 Å². The van der Waals surface area contributed by atoms with Gasteiger partial charge in [-0.15, -0.1) is 0 Å². The first kappa shape index (κ1) is 12.5. The Bertz CT molecular complexity index is 242. The van der Waals surface area contributed by atoms with Gasteiger partial charge in [-0.25, -0.2) is 0 Å². The third-order valence-corrected chi connectivity index (χ3v) is 3.33. The Morgan fingerprint density at radius 3 is 2.13 bits per heavy atom. The number of rotatable bonds is 4. The van der Waals surface area contributed by atoms with Crippen molar-refractivity contribution in [1.82, 2.24) is 9.80 Å². The number of hydrogen-bond donors (Lipinski definition) is 0. The molecule has 4 nitrogen and oxygen atoms in total. The van der Waals surface area contributed by atoms with Crippen LogP contribution in [0.1, 0.15) is 27.7 Å². The summed E-state index contributed by atoms with van der Waals surface area (Å²) in [5.41, 5.74) is 0. The molecule has 0 radical (unpaired) electrons. The van der Waals surface area contributed by atoms with E-state index < -0.39 is 0 Å². The summed E-state index contributed by atoms with van der Waals surface area (Å²) < 4.78 is 0. The van der Waals surface area contributed by atoms with Crippen LogP contribution >= 0.6 is 11.8 Å². The van der Waals surface area contributed by atoms with Gasteiger partial charge >= 0.3 is 0 Å². The fourth-order valence-corrected chi connectivity index (χ4v) is 2.32. The molecule has 1 fully saturated rings. The smallest absolute Gasteiger partial charge is 0.281 e. The lowest BCUT2D eigenvalue weighted by Gasteiger charge is -2.33. The molecule has 0 atom stereocenters. The van der Waals surface area contributed by atoms with Gasteiger partial charge in [-0.2, -0.15) is 0 Å². The van der Waals surface area contributed by atoms with Gasteiger partial charge in [0.2, 0.25) is 5.91 Å². The van der Waals surface area contributed by atoms with Gasteiger partial charge in [-0.05, 0) is 27.7 Å². The zero-order valence-corrected chi connectivity index (χ0v) is 10.5. The van der Waals surface area contributed by atoms with E-state index >= 15 is 0 Å². The highest BCUT2D eigenvalue weighted by Crippen LogP contribution is 2.20. The van der Waals surface area contributed by atoms with E-state index in [9.17, 15) is 9.59 Å². The Balaban J connectivity index is 2.65. The van der Waals surface area contributed by atoms with Crippen molar-refractivity contribution in [3.8, 4) is 0 Å². The van der Waals surface area contributed by atoms with Gasteiger partial charge in [0, 0.05) is 12.1 Å². The minimum atomic E-state index is -0.119. The van der Waals surface area contributed by atoms with E-state index in [1.54, 1.807) is 0 Å². The number of thioether (sulfide) groups is 1. The third-order valence-electron chi connectivity index (χ3n) is 2.47. The predicted molar refractivity (Wildman–Crippen MR) is 61.7 cm³/mol. The van der Waals surface area contributed by atoms with Gasteiger partial charge in [0.05, 0.1) is 12.4 Å². The fourth-order valence-electron chi connectivity index (χ4n) is 1.60. The second-order valence-electron chi connectivity index (χ2n) is 4.22. The molecule has 0 aromatic carbocycles. The molecule has 86 valence electrons. The summed E-state index contributed by atoms with van der Waals surface area (Å²) in [6.07, 6.45) is 0. The molecule has 1 heterocycles. The molecule has 0 spiro atoms. The first-order chi connectivity index (χ1) is 6.93. The van der Waals surface area contributed by atoms with Crippen molar-refractivity contribution in [2.45, 2.75) is 39.8 Å². The van der Waals surface area contributed by atoms with Crippen LogP contribution in [-0.2, 0) is 4.79 Å². The fraction of sp³-hybridized carbons (Fsp3) is 0.800. The van der Waals surface area contributed by atoms with E-state index in [4.69, 9.17) is 0 Å². The standard InChI is InChI=1S/C10H18N2O2S/c1-7(2)11(8(3)4)6-12-9(13)5-15-10(12)14/h7-8H,5-6H2,1-4H3. The normalized spacial score (nSPS) is 17.7. The molecule has 1 saturated heterocycles. The molecule has 0 unspecified atom stereocenters. The first-order valence-electron chi connectivity index (χ1n) is 5.16. The van der Waals surface area contributed by atoms with Crippen molar-refractivity contribution in [2.75, 3.05) is 12.4 Å². The average Bonchev–Trinajstić information content (AvgIpc) is 2.42. The Kier molecular flexibility index (Phi) is 4.16. The highest BCUT2D eigenvalue weighted by molar-refractivity contribution is 8.14. The highest BCUT2D eigenvalue weighted by atomic mass is 32.2. The molecule has 5 heteroatoms. The second kappa shape index (κ2) is 4.99. The minimum absolute atomic E-state index is 0.0729. The Morgan fingerprint density at radius 2 is 1.80 bits per heavy atom. The SMILES string of the molecule is CC(C)N(CN1C(=O)CSC1=O)C(C)C. The van der Waals surface area contributed by atoms with Gasteiger partial charge < -0.3 is 0 Å². The quantitative estimate of drug-likeness (QED) is 0.738. The van der Waals surface area contributed by atoms with Crippen LogP contribution in [0.5, 0.6) is 0 Å². The number of nitrogens with zero attached hydrogens (tertiary/aromatic N) is 2. The molecule has 0 aromatic rings. The lowest BCUT2D eigenvalue weighted by atomic mass is 10.2. The van der Waals surface area contributed by atoms with Crippen LogP contribution in [0.25, 0.3) is 0 Å². The third kappa shape index (κ3) is 2.95. The first-order valence-corrected chi connectivity index (χ1v) is 6.15. The second-order valence-corrected chi connectivity index (χ2v) is 5.15. The summed E-state index contributed by atoms with van der Waals surface area (Å²) in [6.45, 7) is 8.69. The van der Waals surface area contributed by atoms with Crippen molar-refractivity contribution >= 4 is 22.9 Å². The molecular formula is C10H18N2O2S. The maximum absolute atomic E-state index is 11.4. The van der Waals surface area contributed by atoms with E-state index in [0.29, 0.717) is 24.5 Å². The molecule has 2 amide bonds. The minimum Gasteiger partial charge on any atom is -0.281 e. The molecule has 0 saturated carbocycles. The number of imide groups is 1. The van der Waals surface area contributed by atoms with Crippen LogP contribution in [0, 0.1) is 0 Å². The molecule has 0 N–H and O–H groups in total. The topological polar surface area (TPSA) is 40.6 Å². The van der Waals surface area contributed by atoms with Crippen molar-refractivity contribution < 1.29 is 9.59 Å². The number of carbonyl (C=O) groups excluding carboxylic acids is 2. The molecule has 1 aliphatic rings. The maximum Gasteiger partial charge on any atom is 0.289 e. The maximum atomic E-state index is 11.4. The zero-order chi connectivity index (χ0) is 11.6. The molecule has 15 heavy (non-hydrogen) atoms. The lowest BCUT2D eigenvalue weighted by Crippen LogP contribution is -2.46. The number of amides is 2. The van der Waals surface area contributed by atoms with E-state index in [-0.39, 0.29) is 11.1 Å². The average molecular weight is 230 g/mol. The predicted octanol–water partition coefficient (Wildman–Crippen LogP) is 1.76. The van der Waals surface area contributed by atoms with E-state index in [2.05, 4.69) is 32.6 Å². The Hall–Kier alpha value is -0.550. The summed E-state index contributed by atoms with van der Waals surface area (Å²) in [4.78, 5) is 26.3. The van der Waals surface area contributed by atoms with Gasteiger partial charge in [0.15, 0.2) is 0 Å². The van der Waals surface area contributed by atoms with Crippen LogP contribution in [0.3, 0.4) is 0 Å². The molecule has 1 aliphatic heterocycles. The molecule has 1 rings (SSSR count). The summed E-state index contributed by atoms with van der Waals surface area (Å²) in [5, 5.41) is -0.119. The van der Waals surface area contributed by atoms with Gasteiger partial charge in [0.25, 0.3) is 5.24 Å². The largest absolute Gasteiger partial charge is 0.289 e. The van der Waals surface area contributed by atoms with Crippen molar-refractivity contribution in [2.24, 2.45) is 0 Å². The molecule has 0 aliphatic carbocycles. The molecule has 0 bridgehead atoms. The van der Waals surface area contributed by atoms with Crippen LogP contribution in [0.15, 0.2) is 0 Å². The summed E-state index contributed by atoms with van der Waals surface area (Å²) in [6, 6.07) is 0.660. The van der Waals surface area contributed by atoms with E-state index in [0.717, 1.165) is 11.8 Å². The van der Waals surface area contributed by atoms with Crippen LogP contribution in [-0.4, -0.2) is 45.5 Å². The summed E-state index contributed by atoms with van der Waals surface area (Å²) >= 11 is 1.09. The summed E-state index contributed by atoms with van der Waals surface area (Å²) in [5.74, 6) is 0.222. The number of carbonyl (C=O) groups is 2. The van der Waals surface area contributed by atoms with Gasteiger partial charge in [-0.1, -0.05) is 11.8 Å². The molecular weight excluding hydrogens is 212 g/mol. The van der Waals surface area contributed by atoms with Crippen molar-refractivity contribution in [3.63, 3.8) is 0 Å². The monoisotopic (exact) mass is 230 g/mol. The van der Waals surface area contributed by atoms with Crippen LogP contribution in [0.2, 0.25) is 0 Å². The summed E-state index contributed by atoms with van der Waals surface area (Å²) in [7, 11) is 0. The van der Waals surface area contributed by atoms with Gasteiger partial charge in [-0.3, -0.25) is 19.4 Å². The number of hydrogen-bond acceptors (Lipinski definition) is 4. The molecule has 0 aromatic heterocycles. The van der Waals surface area contributed by atoms with E-state index in [1.807, 2.05) is 0 Å². The van der Waals surface area contributed by atoms with E-state index in [1.165, 1.54) is 4.90 Å². The Morgan fingerprint density at radius 1 is 1.27 bits per heavy atom. The lowest BCUT2D eigenvalue weighted by molar-refractivity contribution is -0.126. The van der Waals surface area contributed by atoms with Crippen molar-refractivity contribution in [1.29, 1.82) is 0 Å². The highest BCUT2D eigenvalue weighted by Gasteiger charge is 2.32. The zero-order valence-electron chi connectivity index (χ0n) is 9.69.